The van der Waals surface area contributed by atoms with Crippen molar-refractivity contribution in [2.24, 2.45) is 0 Å². The predicted molar refractivity (Wildman–Crippen MR) is 84.7 cm³/mol. The highest BCUT2D eigenvalue weighted by molar-refractivity contribution is 6.31. The van der Waals surface area contributed by atoms with Gasteiger partial charge in [0.1, 0.15) is 5.75 Å². The number of carbonyl (C=O) groups is 1. The molecule has 0 aliphatic rings. The van der Waals surface area contributed by atoms with E-state index in [1.807, 2.05) is 49.4 Å². The van der Waals surface area contributed by atoms with Gasteiger partial charge in [-0.15, -0.1) is 0 Å². The molecule has 0 saturated heterocycles. The molecule has 110 valence electrons. The second kappa shape index (κ2) is 7.14. The van der Waals surface area contributed by atoms with Crippen LogP contribution in [-0.4, -0.2) is 13.0 Å². The average molecular weight is 304 g/mol. The van der Waals surface area contributed by atoms with Gasteiger partial charge in [0.05, 0.1) is 19.6 Å². The molecule has 0 aliphatic heterocycles. The summed E-state index contributed by atoms with van der Waals surface area (Å²) in [7, 11) is 1.63. The van der Waals surface area contributed by atoms with E-state index in [-0.39, 0.29) is 18.4 Å². The molecular weight excluding hydrogens is 286 g/mol. The number of carbonyl (C=O) groups excluding carboxylic acids is 1. The monoisotopic (exact) mass is 303 g/mol. The van der Waals surface area contributed by atoms with Crippen LogP contribution in [0.5, 0.6) is 5.75 Å². The van der Waals surface area contributed by atoms with Crippen LogP contribution >= 0.6 is 11.6 Å². The van der Waals surface area contributed by atoms with E-state index >= 15 is 0 Å². The van der Waals surface area contributed by atoms with E-state index in [9.17, 15) is 4.79 Å². The number of halogens is 1. The molecule has 2 aromatic rings. The first-order valence-corrected chi connectivity index (χ1v) is 7.14. The smallest absolute Gasteiger partial charge is 0.224 e. The predicted octanol–water partition coefficient (Wildman–Crippen LogP) is 3.77. The number of methoxy groups -OCH3 is 1. The molecule has 0 bridgehead atoms. The average Bonchev–Trinajstić information content (AvgIpc) is 2.49. The van der Waals surface area contributed by atoms with Crippen molar-refractivity contribution in [1.82, 2.24) is 5.32 Å². The minimum Gasteiger partial charge on any atom is -0.497 e. The normalized spacial score (nSPS) is 11.8. The van der Waals surface area contributed by atoms with Crippen LogP contribution in [0.2, 0.25) is 5.02 Å². The van der Waals surface area contributed by atoms with Crippen LogP contribution in [0.15, 0.2) is 48.5 Å². The van der Waals surface area contributed by atoms with E-state index in [4.69, 9.17) is 16.3 Å². The first-order valence-electron chi connectivity index (χ1n) is 6.77. The molecule has 0 aliphatic carbocycles. The first-order chi connectivity index (χ1) is 10.1. The Morgan fingerprint density at radius 3 is 2.48 bits per heavy atom. The molecular formula is C17H18ClNO2. The SMILES string of the molecule is COc1ccc([C@@H](C)NC(=O)Cc2ccccc2Cl)cc1. The second-order valence-electron chi connectivity index (χ2n) is 4.83. The van der Waals surface area contributed by atoms with E-state index < -0.39 is 0 Å². The largest absolute Gasteiger partial charge is 0.497 e. The minimum absolute atomic E-state index is 0.0496. The Morgan fingerprint density at radius 2 is 1.86 bits per heavy atom. The molecule has 0 radical (unpaired) electrons. The standard InChI is InChI=1S/C17H18ClNO2/c1-12(13-7-9-15(21-2)10-8-13)19-17(20)11-14-5-3-4-6-16(14)18/h3-10,12H,11H2,1-2H3,(H,19,20)/t12-/m1/s1. The molecule has 2 rings (SSSR count). The Labute approximate surface area is 129 Å². The maximum atomic E-state index is 12.1. The third-order valence-corrected chi connectivity index (χ3v) is 3.67. The first kappa shape index (κ1) is 15.4. The molecule has 0 unspecified atom stereocenters. The third-order valence-electron chi connectivity index (χ3n) is 3.30. The zero-order valence-corrected chi connectivity index (χ0v) is 12.9. The Kier molecular flexibility index (Phi) is 5.23. The summed E-state index contributed by atoms with van der Waals surface area (Å²) in [5, 5.41) is 3.59. The second-order valence-corrected chi connectivity index (χ2v) is 5.24. The van der Waals surface area contributed by atoms with Gasteiger partial charge < -0.3 is 10.1 Å². The number of rotatable bonds is 5. The van der Waals surface area contributed by atoms with Crippen molar-refractivity contribution in [3.63, 3.8) is 0 Å². The van der Waals surface area contributed by atoms with Gasteiger partial charge in [-0.05, 0) is 36.2 Å². The highest BCUT2D eigenvalue weighted by Gasteiger charge is 2.11. The van der Waals surface area contributed by atoms with Crippen molar-refractivity contribution in [2.45, 2.75) is 19.4 Å². The van der Waals surface area contributed by atoms with E-state index in [0.29, 0.717) is 5.02 Å². The summed E-state index contributed by atoms with van der Waals surface area (Å²) in [5.74, 6) is 0.750. The fraction of sp³-hybridized carbons (Fsp3) is 0.235. The molecule has 4 heteroatoms. The maximum absolute atomic E-state index is 12.1. The zero-order chi connectivity index (χ0) is 15.2. The van der Waals surface area contributed by atoms with Crippen molar-refractivity contribution in [3.8, 4) is 5.75 Å². The lowest BCUT2D eigenvalue weighted by molar-refractivity contribution is -0.121. The third kappa shape index (κ3) is 4.23. The Balaban J connectivity index is 1.97. The fourth-order valence-corrected chi connectivity index (χ4v) is 2.29. The highest BCUT2D eigenvalue weighted by atomic mass is 35.5. The van der Waals surface area contributed by atoms with Gasteiger partial charge in [-0.2, -0.15) is 0 Å². The number of nitrogens with one attached hydrogen (secondary N) is 1. The molecule has 0 aromatic heterocycles. The Bertz CT molecular complexity index is 610. The Morgan fingerprint density at radius 1 is 1.19 bits per heavy atom. The van der Waals surface area contributed by atoms with Crippen molar-refractivity contribution < 1.29 is 9.53 Å². The van der Waals surface area contributed by atoms with Crippen molar-refractivity contribution in [1.29, 1.82) is 0 Å². The minimum atomic E-state index is -0.0640. The van der Waals surface area contributed by atoms with Crippen LogP contribution in [0.4, 0.5) is 0 Å². The molecule has 1 N–H and O–H groups in total. The summed E-state index contributed by atoms with van der Waals surface area (Å²) < 4.78 is 5.12. The number of hydrogen-bond acceptors (Lipinski definition) is 2. The number of benzene rings is 2. The molecule has 3 nitrogen and oxygen atoms in total. The van der Waals surface area contributed by atoms with Gasteiger partial charge in [-0.25, -0.2) is 0 Å². The molecule has 1 atom stereocenters. The van der Waals surface area contributed by atoms with Gasteiger partial charge in [0.15, 0.2) is 0 Å². The van der Waals surface area contributed by atoms with Crippen molar-refractivity contribution >= 4 is 17.5 Å². The fourth-order valence-electron chi connectivity index (χ4n) is 2.08. The number of ether oxygens (including phenoxy) is 1. The quantitative estimate of drug-likeness (QED) is 0.913. The van der Waals surface area contributed by atoms with E-state index in [2.05, 4.69) is 5.32 Å². The van der Waals surface area contributed by atoms with Crippen LogP contribution in [0.1, 0.15) is 24.1 Å². The molecule has 0 saturated carbocycles. The summed E-state index contributed by atoms with van der Waals surface area (Å²) in [6, 6.07) is 15.0. The summed E-state index contributed by atoms with van der Waals surface area (Å²) in [6.07, 6.45) is 0.278. The van der Waals surface area contributed by atoms with Crippen LogP contribution in [0.25, 0.3) is 0 Å². The summed E-state index contributed by atoms with van der Waals surface area (Å²) in [4.78, 5) is 12.1. The lowest BCUT2D eigenvalue weighted by atomic mass is 10.1. The topological polar surface area (TPSA) is 38.3 Å². The van der Waals surface area contributed by atoms with E-state index in [1.165, 1.54) is 0 Å². The van der Waals surface area contributed by atoms with Gasteiger partial charge in [-0.3, -0.25) is 4.79 Å². The highest BCUT2D eigenvalue weighted by Crippen LogP contribution is 2.18. The van der Waals surface area contributed by atoms with Gasteiger partial charge in [0, 0.05) is 5.02 Å². The number of amides is 1. The molecule has 0 fully saturated rings. The molecule has 0 spiro atoms. The van der Waals surface area contributed by atoms with Crippen LogP contribution in [0, 0.1) is 0 Å². The van der Waals surface area contributed by atoms with Gasteiger partial charge in [0.25, 0.3) is 0 Å². The maximum Gasteiger partial charge on any atom is 0.224 e. The van der Waals surface area contributed by atoms with Crippen molar-refractivity contribution in [2.75, 3.05) is 7.11 Å². The van der Waals surface area contributed by atoms with E-state index in [1.54, 1.807) is 13.2 Å². The summed E-state index contributed by atoms with van der Waals surface area (Å²) >= 11 is 6.06. The van der Waals surface area contributed by atoms with Crippen molar-refractivity contribution in [3.05, 3.63) is 64.7 Å². The molecule has 0 heterocycles. The van der Waals surface area contributed by atoms with Gasteiger partial charge >= 0.3 is 0 Å². The zero-order valence-electron chi connectivity index (χ0n) is 12.1. The number of hydrogen-bond donors (Lipinski definition) is 1. The van der Waals surface area contributed by atoms with Gasteiger partial charge in [-0.1, -0.05) is 41.9 Å². The summed E-state index contributed by atoms with van der Waals surface area (Å²) in [6.45, 7) is 1.95. The van der Waals surface area contributed by atoms with E-state index in [0.717, 1.165) is 16.9 Å². The van der Waals surface area contributed by atoms with Crippen LogP contribution in [0.3, 0.4) is 0 Å². The summed E-state index contributed by atoms with van der Waals surface area (Å²) in [5.41, 5.74) is 1.86. The molecule has 21 heavy (non-hydrogen) atoms. The van der Waals surface area contributed by atoms with Crippen LogP contribution in [-0.2, 0) is 11.2 Å². The van der Waals surface area contributed by atoms with Gasteiger partial charge in [0.2, 0.25) is 5.91 Å². The lowest BCUT2D eigenvalue weighted by Crippen LogP contribution is -2.28. The lowest BCUT2D eigenvalue weighted by Gasteiger charge is -2.15. The Hall–Kier alpha value is -2.00. The van der Waals surface area contributed by atoms with Crippen LogP contribution < -0.4 is 10.1 Å². The molecule has 2 aromatic carbocycles. The molecule has 1 amide bonds.